The maximum atomic E-state index is 13.0. The fourth-order valence-electron chi connectivity index (χ4n) is 1.83. The van der Waals surface area contributed by atoms with Gasteiger partial charge in [-0.25, -0.2) is 4.39 Å². The first-order valence-corrected chi connectivity index (χ1v) is 6.76. The van der Waals surface area contributed by atoms with E-state index in [4.69, 9.17) is 4.74 Å². The average Bonchev–Trinajstić information content (AvgIpc) is 2.22. The third-order valence-corrected chi connectivity index (χ3v) is 4.46. The molecule has 0 saturated heterocycles. The number of ether oxygens (including phenoxy) is 1. The molecule has 0 unspecified atom stereocenters. The van der Waals surface area contributed by atoms with Gasteiger partial charge in [-0.2, -0.15) is 12.6 Å². The standard InChI is InChI=1S/C12H14BrFOS/c13-10-6-9(2-3-11(10)14)15-7-12(8-16)4-1-5-12/h2-3,6,16H,1,4-5,7-8H2. The lowest BCUT2D eigenvalue weighted by atomic mass is 9.71. The van der Waals surface area contributed by atoms with Crippen LogP contribution in [0.5, 0.6) is 5.75 Å². The molecule has 1 nitrogen and oxygen atoms in total. The summed E-state index contributed by atoms with van der Waals surface area (Å²) in [6, 6.07) is 4.73. The predicted molar refractivity (Wildman–Crippen MR) is 69.7 cm³/mol. The van der Waals surface area contributed by atoms with E-state index in [1.165, 1.54) is 25.3 Å². The van der Waals surface area contributed by atoms with E-state index in [1.54, 1.807) is 12.1 Å². The van der Waals surface area contributed by atoms with Gasteiger partial charge in [-0.05, 0) is 52.7 Å². The van der Waals surface area contributed by atoms with Crippen molar-refractivity contribution < 1.29 is 9.13 Å². The molecule has 0 aliphatic heterocycles. The maximum Gasteiger partial charge on any atom is 0.137 e. The molecule has 0 spiro atoms. The molecule has 0 aromatic heterocycles. The first-order chi connectivity index (χ1) is 7.65. The van der Waals surface area contributed by atoms with Gasteiger partial charge in [-0.1, -0.05) is 6.42 Å². The van der Waals surface area contributed by atoms with Crippen LogP contribution in [0.1, 0.15) is 19.3 Å². The molecule has 1 aliphatic rings. The molecule has 2 rings (SSSR count). The topological polar surface area (TPSA) is 9.23 Å². The molecule has 0 amide bonds. The molecule has 1 aliphatic carbocycles. The van der Waals surface area contributed by atoms with Crippen LogP contribution in [0.25, 0.3) is 0 Å². The number of benzene rings is 1. The highest BCUT2D eigenvalue weighted by atomic mass is 79.9. The van der Waals surface area contributed by atoms with E-state index in [0.717, 1.165) is 5.75 Å². The molecule has 0 radical (unpaired) electrons. The third kappa shape index (κ3) is 2.54. The smallest absolute Gasteiger partial charge is 0.137 e. The second kappa shape index (κ2) is 4.96. The fraction of sp³-hybridized carbons (Fsp3) is 0.500. The minimum absolute atomic E-state index is 0.240. The van der Waals surface area contributed by atoms with E-state index in [9.17, 15) is 4.39 Å². The summed E-state index contributed by atoms with van der Waals surface area (Å²) in [6.45, 7) is 0.675. The normalized spacial score (nSPS) is 17.9. The van der Waals surface area contributed by atoms with Crippen molar-refractivity contribution in [2.45, 2.75) is 19.3 Å². The zero-order valence-corrected chi connectivity index (χ0v) is 11.4. The lowest BCUT2D eigenvalue weighted by Crippen LogP contribution is -2.37. The molecule has 1 aromatic rings. The Morgan fingerprint density at radius 2 is 2.19 bits per heavy atom. The first kappa shape index (κ1) is 12.2. The van der Waals surface area contributed by atoms with Gasteiger partial charge in [0, 0.05) is 5.41 Å². The Labute approximate surface area is 109 Å². The summed E-state index contributed by atoms with van der Waals surface area (Å²) in [4.78, 5) is 0. The van der Waals surface area contributed by atoms with Crippen molar-refractivity contribution in [3.05, 3.63) is 28.5 Å². The van der Waals surface area contributed by atoms with Gasteiger partial charge in [0.05, 0.1) is 11.1 Å². The fourth-order valence-corrected chi connectivity index (χ4v) is 2.59. The molecule has 1 aromatic carbocycles. The van der Waals surface area contributed by atoms with Crippen LogP contribution >= 0.6 is 28.6 Å². The zero-order chi connectivity index (χ0) is 11.6. The van der Waals surface area contributed by atoms with Crippen molar-refractivity contribution in [2.24, 2.45) is 5.41 Å². The van der Waals surface area contributed by atoms with Crippen molar-refractivity contribution in [1.29, 1.82) is 0 Å². The average molecular weight is 305 g/mol. The summed E-state index contributed by atoms with van der Waals surface area (Å²) in [6.07, 6.45) is 3.62. The van der Waals surface area contributed by atoms with Crippen LogP contribution in [0.2, 0.25) is 0 Å². The Kier molecular flexibility index (Phi) is 3.80. The molecule has 16 heavy (non-hydrogen) atoms. The summed E-state index contributed by atoms with van der Waals surface area (Å²) in [5, 5.41) is 0. The summed E-state index contributed by atoms with van der Waals surface area (Å²) in [7, 11) is 0. The SMILES string of the molecule is Fc1ccc(OCC2(CS)CCC2)cc1Br. The van der Waals surface area contributed by atoms with Crippen molar-refractivity contribution in [3.63, 3.8) is 0 Å². The molecular weight excluding hydrogens is 291 g/mol. The highest BCUT2D eigenvalue weighted by Gasteiger charge is 2.36. The molecule has 0 bridgehead atoms. The molecule has 0 N–H and O–H groups in total. The van der Waals surface area contributed by atoms with Gasteiger partial charge in [-0.15, -0.1) is 0 Å². The number of thiol groups is 1. The van der Waals surface area contributed by atoms with E-state index >= 15 is 0 Å². The minimum atomic E-state index is -0.264. The van der Waals surface area contributed by atoms with Gasteiger partial charge in [0.25, 0.3) is 0 Å². The summed E-state index contributed by atoms with van der Waals surface area (Å²) < 4.78 is 19.1. The van der Waals surface area contributed by atoms with Crippen LogP contribution in [-0.2, 0) is 0 Å². The summed E-state index contributed by atoms with van der Waals surface area (Å²) >= 11 is 7.51. The van der Waals surface area contributed by atoms with Crippen LogP contribution in [0.3, 0.4) is 0 Å². The Balaban J connectivity index is 1.96. The van der Waals surface area contributed by atoms with Gasteiger partial charge in [0.2, 0.25) is 0 Å². The number of hydrogen-bond acceptors (Lipinski definition) is 2. The zero-order valence-electron chi connectivity index (χ0n) is 8.88. The minimum Gasteiger partial charge on any atom is -0.493 e. The molecule has 1 saturated carbocycles. The Morgan fingerprint density at radius 1 is 1.44 bits per heavy atom. The molecule has 0 heterocycles. The maximum absolute atomic E-state index is 13.0. The van der Waals surface area contributed by atoms with E-state index in [-0.39, 0.29) is 11.2 Å². The van der Waals surface area contributed by atoms with Crippen LogP contribution in [0.4, 0.5) is 4.39 Å². The highest BCUT2D eigenvalue weighted by molar-refractivity contribution is 9.10. The van der Waals surface area contributed by atoms with Crippen LogP contribution in [0, 0.1) is 11.2 Å². The lowest BCUT2D eigenvalue weighted by molar-refractivity contribution is 0.0829. The summed E-state index contributed by atoms with van der Waals surface area (Å²) in [5.74, 6) is 1.30. The second-order valence-electron chi connectivity index (χ2n) is 4.38. The predicted octanol–water partition coefficient (Wildman–Crippen LogP) is 4.07. The molecule has 0 atom stereocenters. The van der Waals surface area contributed by atoms with Gasteiger partial charge in [0.15, 0.2) is 0 Å². The molecular formula is C12H14BrFOS. The van der Waals surface area contributed by atoms with Crippen molar-refractivity contribution in [3.8, 4) is 5.75 Å². The van der Waals surface area contributed by atoms with Crippen LogP contribution in [-0.4, -0.2) is 12.4 Å². The Hall–Kier alpha value is -0.220. The Bertz CT molecular complexity index is 374. The lowest BCUT2D eigenvalue weighted by Gasteiger charge is -2.40. The van der Waals surface area contributed by atoms with Crippen molar-refractivity contribution >= 4 is 28.6 Å². The Morgan fingerprint density at radius 3 is 2.69 bits per heavy atom. The van der Waals surface area contributed by atoms with E-state index < -0.39 is 0 Å². The van der Waals surface area contributed by atoms with E-state index in [0.29, 0.717) is 16.8 Å². The highest BCUT2D eigenvalue weighted by Crippen LogP contribution is 2.42. The largest absolute Gasteiger partial charge is 0.493 e. The van der Waals surface area contributed by atoms with Gasteiger partial charge >= 0.3 is 0 Å². The van der Waals surface area contributed by atoms with Gasteiger partial charge in [0.1, 0.15) is 11.6 Å². The quantitative estimate of drug-likeness (QED) is 0.825. The monoisotopic (exact) mass is 304 g/mol. The van der Waals surface area contributed by atoms with Crippen LogP contribution in [0.15, 0.2) is 22.7 Å². The van der Waals surface area contributed by atoms with Gasteiger partial charge in [-0.3, -0.25) is 0 Å². The van der Waals surface area contributed by atoms with Gasteiger partial charge < -0.3 is 4.74 Å². The van der Waals surface area contributed by atoms with Crippen molar-refractivity contribution in [2.75, 3.05) is 12.4 Å². The molecule has 1 fully saturated rings. The second-order valence-corrected chi connectivity index (χ2v) is 5.55. The summed E-state index contributed by atoms with van der Waals surface area (Å²) in [5.41, 5.74) is 0.240. The number of halogens is 2. The number of hydrogen-bond donors (Lipinski definition) is 1. The molecule has 4 heteroatoms. The third-order valence-electron chi connectivity index (χ3n) is 3.19. The van der Waals surface area contributed by atoms with Crippen molar-refractivity contribution in [1.82, 2.24) is 0 Å². The first-order valence-electron chi connectivity index (χ1n) is 5.34. The number of rotatable bonds is 4. The molecule has 88 valence electrons. The van der Waals surface area contributed by atoms with E-state index in [1.807, 2.05) is 0 Å². The van der Waals surface area contributed by atoms with Crippen LogP contribution < -0.4 is 4.74 Å². The van der Waals surface area contributed by atoms with E-state index in [2.05, 4.69) is 28.6 Å².